The minimum Gasteiger partial charge on any atom is -0.483 e. The molecule has 3 rings (SSSR count). The number of nitrogens with zero attached hydrogens (tertiary/aromatic N) is 1. The van der Waals surface area contributed by atoms with Crippen LogP contribution in [0.3, 0.4) is 0 Å². The second-order valence-electron chi connectivity index (χ2n) is 7.53. The van der Waals surface area contributed by atoms with Crippen LogP contribution in [0.25, 0.3) is 0 Å². The van der Waals surface area contributed by atoms with Gasteiger partial charge >= 0.3 is 0 Å². The first-order valence-corrected chi connectivity index (χ1v) is 12.1. The van der Waals surface area contributed by atoms with E-state index in [-0.39, 0.29) is 29.2 Å². The summed E-state index contributed by atoms with van der Waals surface area (Å²) in [6.45, 7) is 7.35. The molecule has 0 aliphatic heterocycles. The molecular formula is C22H24BrN3O5S. The van der Waals surface area contributed by atoms with Gasteiger partial charge < -0.3 is 14.6 Å². The highest BCUT2D eigenvalue weighted by Crippen LogP contribution is 2.29. The summed E-state index contributed by atoms with van der Waals surface area (Å²) < 4.78 is 39.1. The van der Waals surface area contributed by atoms with Crippen molar-refractivity contribution in [2.24, 2.45) is 0 Å². The van der Waals surface area contributed by atoms with Crippen molar-refractivity contribution in [3.05, 3.63) is 63.8 Å². The number of hydrogen-bond acceptors (Lipinski definition) is 6. The molecule has 0 spiro atoms. The van der Waals surface area contributed by atoms with Crippen LogP contribution in [-0.4, -0.2) is 26.1 Å². The molecule has 0 aliphatic carbocycles. The van der Waals surface area contributed by atoms with Crippen molar-refractivity contribution in [3.8, 4) is 5.75 Å². The molecule has 0 atom stereocenters. The Labute approximate surface area is 195 Å². The van der Waals surface area contributed by atoms with Crippen molar-refractivity contribution >= 4 is 43.4 Å². The molecule has 0 unspecified atom stereocenters. The number of carbonyl (C=O) groups excluding carboxylic acids is 1. The largest absolute Gasteiger partial charge is 0.483 e. The van der Waals surface area contributed by atoms with Crippen molar-refractivity contribution in [1.29, 1.82) is 0 Å². The Morgan fingerprint density at radius 2 is 1.84 bits per heavy atom. The summed E-state index contributed by atoms with van der Waals surface area (Å²) in [6, 6.07) is 11.4. The zero-order chi connectivity index (χ0) is 23.5. The maximum Gasteiger partial charge on any atom is 0.264 e. The zero-order valence-electron chi connectivity index (χ0n) is 18.1. The van der Waals surface area contributed by atoms with Gasteiger partial charge in [-0.1, -0.05) is 34.9 Å². The highest BCUT2D eigenvalue weighted by Gasteiger charge is 2.19. The summed E-state index contributed by atoms with van der Waals surface area (Å²) in [4.78, 5) is 12.3. The van der Waals surface area contributed by atoms with Crippen molar-refractivity contribution in [3.63, 3.8) is 0 Å². The fourth-order valence-corrected chi connectivity index (χ4v) is 4.28. The lowest BCUT2D eigenvalue weighted by Crippen LogP contribution is -2.20. The van der Waals surface area contributed by atoms with Crippen LogP contribution >= 0.6 is 15.9 Å². The van der Waals surface area contributed by atoms with E-state index < -0.39 is 10.0 Å². The Bertz CT molecular complexity index is 1220. The van der Waals surface area contributed by atoms with Crippen molar-refractivity contribution < 1.29 is 22.5 Å². The van der Waals surface area contributed by atoms with E-state index in [4.69, 9.17) is 9.26 Å². The molecule has 2 aromatic carbocycles. The lowest BCUT2D eigenvalue weighted by atomic mass is 10.0. The van der Waals surface area contributed by atoms with Gasteiger partial charge in [-0.15, -0.1) is 0 Å². The normalized spacial score (nSPS) is 11.4. The molecule has 170 valence electrons. The van der Waals surface area contributed by atoms with Gasteiger partial charge in [0.1, 0.15) is 5.75 Å². The van der Waals surface area contributed by atoms with E-state index in [0.29, 0.717) is 22.7 Å². The van der Waals surface area contributed by atoms with Crippen LogP contribution in [0.2, 0.25) is 0 Å². The van der Waals surface area contributed by atoms with Gasteiger partial charge in [0.25, 0.3) is 15.9 Å². The summed E-state index contributed by atoms with van der Waals surface area (Å²) in [7, 11) is -3.86. The van der Waals surface area contributed by atoms with Crippen LogP contribution in [0.5, 0.6) is 5.75 Å². The van der Waals surface area contributed by atoms with Gasteiger partial charge in [0.05, 0.1) is 10.6 Å². The van der Waals surface area contributed by atoms with E-state index in [0.717, 1.165) is 10.0 Å². The first-order valence-electron chi connectivity index (χ1n) is 9.84. The number of rotatable bonds is 8. The molecule has 8 nitrogen and oxygen atoms in total. The number of aromatic nitrogens is 1. The fraction of sp³-hybridized carbons (Fsp3) is 0.273. The molecule has 0 fully saturated rings. The molecule has 0 saturated carbocycles. The number of halogens is 1. The molecule has 3 aromatic rings. The van der Waals surface area contributed by atoms with Crippen molar-refractivity contribution in [1.82, 2.24) is 5.16 Å². The Kier molecular flexibility index (Phi) is 7.25. The lowest BCUT2D eigenvalue weighted by Gasteiger charge is -2.14. The number of carbonyl (C=O) groups is 1. The Morgan fingerprint density at radius 3 is 2.44 bits per heavy atom. The molecule has 1 heterocycles. The molecule has 0 radical (unpaired) electrons. The first-order chi connectivity index (χ1) is 15.1. The van der Waals surface area contributed by atoms with Gasteiger partial charge in [-0.05, 0) is 67.8 Å². The van der Waals surface area contributed by atoms with Crippen molar-refractivity contribution in [2.75, 3.05) is 16.6 Å². The molecule has 1 amide bonds. The van der Waals surface area contributed by atoms with Crippen LogP contribution in [0.1, 0.15) is 36.6 Å². The van der Waals surface area contributed by atoms with E-state index in [1.807, 2.05) is 32.0 Å². The van der Waals surface area contributed by atoms with Gasteiger partial charge in [-0.2, -0.15) is 0 Å². The predicted molar refractivity (Wildman–Crippen MR) is 126 cm³/mol. The van der Waals surface area contributed by atoms with Crippen LogP contribution in [-0.2, 0) is 14.8 Å². The van der Waals surface area contributed by atoms with Gasteiger partial charge in [-0.25, -0.2) is 13.1 Å². The summed E-state index contributed by atoms with van der Waals surface area (Å²) in [5.74, 6) is 0.594. The highest BCUT2D eigenvalue weighted by atomic mass is 79.9. The van der Waals surface area contributed by atoms with Gasteiger partial charge in [-0.3, -0.25) is 4.79 Å². The molecule has 10 heteroatoms. The first kappa shape index (κ1) is 23.8. The van der Waals surface area contributed by atoms with E-state index in [9.17, 15) is 13.2 Å². The number of nitrogens with one attached hydrogen (secondary N) is 2. The highest BCUT2D eigenvalue weighted by molar-refractivity contribution is 9.10. The molecule has 32 heavy (non-hydrogen) atoms. The molecule has 0 bridgehead atoms. The lowest BCUT2D eigenvalue weighted by molar-refractivity contribution is -0.118. The summed E-state index contributed by atoms with van der Waals surface area (Å²) in [6.07, 6.45) is 0. The summed E-state index contributed by atoms with van der Waals surface area (Å²) in [5, 5.41) is 6.43. The third kappa shape index (κ3) is 5.68. The van der Waals surface area contributed by atoms with E-state index in [2.05, 4.69) is 31.1 Å². The minimum atomic E-state index is -3.86. The van der Waals surface area contributed by atoms with Crippen LogP contribution in [0.15, 0.2) is 56.4 Å². The predicted octanol–water partition coefficient (Wildman–Crippen LogP) is 5.00. The molecule has 2 N–H and O–H groups in total. The molecule has 0 saturated heterocycles. The minimum absolute atomic E-state index is 0.0247. The van der Waals surface area contributed by atoms with Gasteiger partial charge in [0.15, 0.2) is 6.61 Å². The standard InChI is InChI=1S/C22H24BrN3O5S/c1-13(2)19-11-16(23)5-10-20(19)30-12-21(27)24-17-6-8-18(9-7-17)32(28,29)26-22-14(3)15(4)25-31-22/h5-11,13,26H,12H2,1-4H3,(H,24,27). The van der Waals surface area contributed by atoms with E-state index in [1.165, 1.54) is 24.3 Å². The topological polar surface area (TPSA) is 111 Å². The quantitative estimate of drug-likeness (QED) is 0.431. The third-order valence-electron chi connectivity index (χ3n) is 4.79. The number of sulfonamides is 1. The van der Waals surface area contributed by atoms with Gasteiger partial charge in [0, 0.05) is 15.7 Å². The van der Waals surface area contributed by atoms with Crippen molar-refractivity contribution in [2.45, 2.75) is 38.5 Å². The number of hydrogen-bond donors (Lipinski definition) is 2. The molecule has 0 aliphatic rings. The smallest absolute Gasteiger partial charge is 0.264 e. The summed E-state index contributed by atoms with van der Waals surface area (Å²) >= 11 is 3.44. The maximum atomic E-state index is 12.6. The number of aryl methyl sites for hydroxylation is 1. The number of amides is 1. The second kappa shape index (κ2) is 9.74. The van der Waals surface area contributed by atoms with E-state index >= 15 is 0 Å². The Balaban J connectivity index is 1.62. The number of benzene rings is 2. The molecule has 1 aromatic heterocycles. The Hall–Kier alpha value is -2.85. The maximum absolute atomic E-state index is 12.6. The average molecular weight is 522 g/mol. The Morgan fingerprint density at radius 1 is 1.16 bits per heavy atom. The average Bonchev–Trinajstić information content (AvgIpc) is 3.04. The second-order valence-corrected chi connectivity index (χ2v) is 10.1. The van der Waals surface area contributed by atoms with Crippen LogP contribution in [0, 0.1) is 13.8 Å². The van der Waals surface area contributed by atoms with E-state index in [1.54, 1.807) is 13.8 Å². The number of ether oxygens (including phenoxy) is 1. The number of anilines is 2. The van der Waals surface area contributed by atoms with Crippen LogP contribution < -0.4 is 14.8 Å². The van der Waals surface area contributed by atoms with Crippen LogP contribution in [0.4, 0.5) is 11.6 Å². The third-order valence-corrected chi connectivity index (χ3v) is 6.63. The monoisotopic (exact) mass is 521 g/mol. The SMILES string of the molecule is Cc1noc(NS(=O)(=O)c2ccc(NC(=O)COc3ccc(Br)cc3C(C)C)cc2)c1C. The summed E-state index contributed by atoms with van der Waals surface area (Å²) in [5.41, 5.74) is 2.66. The fourth-order valence-electron chi connectivity index (χ4n) is 2.85. The van der Waals surface area contributed by atoms with Gasteiger partial charge in [0.2, 0.25) is 5.88 Å². The molecular weight excluding hydrogens is 498 g/mol. The zero-order valence-corrected chi connectivity index (χ0v) is 20.5.